The van der Waals surface area contributed by atoms with Gasteiger partial charge in [0.05, 0.1) is 31.5 Å². The van der Waals surface area contributed by atoms with Crippen molar-refractivity contribution in [3.63, 3.8) is 0 Å². The van der Waals surface area contributed by atoms with Crippen LogP contribution in [0.1, 0.15) is 28.1 Å². The Morgan fingerprint density at radius 2 is 1.96 bits per heavy atom. The average molecular weight is 504 g/mol. The number of thiazole rings is 1. The molecule has 2 rings (SSSR count). The predicted molar refractivity (Wildman–Crippen MR) is 123 cm³/mol. The van der Waals surface area contributed by atoms with Crippen LogP contribution in [-0.4, -0.2) is 38.3 Å². The molecule has 0 fully saturated rings. The minimum absolute atomic E-state index is 0. The van der Waals surface area contributed by atoms with E-state index in [0.29, 0.717) is 6.54 Å². The van der Waals surface area contributed by atoms with E-state index in [9.17, 15) is 0 Å². The number of aliphatic imine (C=N–C) groups is 1. The molecule has 2 N–H and O–H groups in total. The van der Waals surface area contributed by atoms with Crippen molar-refractivity contribution in [1.82, 2.24) is 15.6 Å². The van der Waals surface area contributed by atoms with Crippen LogP contribution < -0.4 is 20.1 Å². The van der Waals surface area contributed by atoms with Crippen molar-refractivity contribution in [2.24, 2.45) is 4.99 Å². The number of rotatable bonds is 8. The van der Waals surface area contributed by atoms with Crippen LogP contribution in [0.5, 0.6) is 11.5 Å². The fourth-order valence-corrected chi connectivity index (χ4v) is 3.47. The maximum Gasteiger partial charge on any atom is 0.191 e. The highest BCUT2D eigenvalue weighted by Crippen LogP contribution is 2.24. The largest absolute Gasteiger partial charge is 0.497 e. The molecule has 0 radical (unpaired) electrons. The number of methoxy groups -OCH3 is 2. The van der Waals surface area contributed by atoms with E-state index in [2.05, 4.69) is 27.5 Å². The first-order valence-electron chi connectivity index (χ1n) is 8.73. The number of benzene rings is 1. The van der Waals surface area contributed by atoms with E-state index in [0.717, 1.165) is 53.2 Å². The third kappa shape index (κ3) is 7.17. The van der Waals surface area contributed by atoms with Crippen molar-refractivity contribution in [3.8, 4) is 11.5 Å². The normalized spacial score (nSPS) is 10.9. The maximum atomic E-state index is 5.44. The van der Waals surface area contributed by atoms with E-state index in [4.69, 9.17) is 9.47 Å². The molecule has 150 valence electrons. The molecule has 1 aromatic heterocycles. The summed E-state index contributed by atoms with van der Waals surface area (Å²) in [5, 5.41) is 7.74. The molecule has 8 heteroatoms. The lowest BCUT2D eigenvalue weighted by Gasteiger charge is -2.13. The van der Waals surface area contributed by atoms with Crippen LogP contribution in [0.15, 0.2) is 23.2 Å². The van der Waals surface area contributed by atoms with Crippen LogP contribution in [-0.2, 0) is 13.0 Å². The number of ether oxygens (including phenoxy) is 2. The highest BCUT2D eigenvalue weighted by molar-refractivity contribution is 14.0. The number of guanidine groups is 1. The van der Waals surface area contributed by atoms with Gasteiger partial charge in [-0.15, -0.1) is 35.3 Å². The number of hydrogen-bond donors (Lipinski definition) is 2. The van der Waals surface area contributed by atoms with Gasteiger partial charge in [-0.2, -0.15) is 0 Å². The predicted octanol–water partition coefficient (Wildman–Crippen LogP) is 3.69. The van der Waals surface area contributed by atoms with E-state index >= 15 is 0 Å². The SMILES string of the molecule is CCNC(=NCc1sc(C)nc1C)NCCc1cc(OC)ccc1OC.I. The molecule has 0 spiro atoms. The van der Waals surface area contributed by atoms with Crippen molar-refractivity contribution in [2.45, 2.75) is 33.7 Å². The van der Waals surface area contributed by atoms with E-state index in [-0.39, 0.29) is 24.0 Å². The molecule has 6 nitrogen and oxygen atoms in total. The van der Waals surface area contributed by atoms with Crippen molar-refractivity contribution in [2.75, 3.05) is 27.3 Å². The van der Waals surface area contributed by atoms with Gasteiger partial charge in [0, 0.05) is 18.0 Å². The van der Waals surface area contributed by atoms with Gasteiger partial charge in [-0.3, -0.25) is 0 Å². The van der Waals surface area contributed by atoms with E-state index < -0.39 is 0 Å². The molecule has 0 atom stereocenters. The zero-order valence-electron chi connectivity index (χ0n) is 16.6. The van der Waals surface area contributed by atoms with Gasteiger partial charge in [0.2, 0.25) is 0 Å². The standard InChI is InChI=1S/C19H28N4O2S.HI/c1-6-20-19(22-12-18-13(2)23-14(3)26-18)21-10-9-15-11-16(24-4)7-8-17(15)25-5;/h7-8,11H,6,9-10,12H2,1-5H3,(H2,20,21,22);1H. The van der Waals surface area contributed by atoms with Gasteiger partial charge in [0.1, 0.15) is 11.5 Å². The van der Waals surface area contributed by atoms with Crippen LogP contribution in [0.3, 0.4) is 0 Å². The number of halogens is 1. The minimum atomic E-state index is 0. The summed E-state index contributed by atoms with van der Waals surface area (Å²) in [6, 6.07) is 5.84. The van der Waals surface area contributed by atoms with Crippen LogP contribution >= 0.6 is 35.3 Å². The highest BCUT2D eigenvalue weighted by Gasteiger charge is 2.07. The maximum absolute atomic E-state index is 5.44. The summed E-state index contributed by atoms with van der Waals surface area (Å²) in [5.74, 6) is 2.50. The first-order valence-corrected chi connectivity index (χ1v) is 9.55. The van der Waals surface area contributed by atoms with E-state index in [1.54, 1.807) is 25.6 Å². The third-order valence-electron chi connectivity index (χ3n) is 3.90. The molecular formula is C19H29IN4O2S. The summed E-state index contributed by atoms with van der Waals surface area (Å²) in [6.45, 7) is 8.31. The van der Waals surface area contributed by atoms with Crippen molar-refractivity contribution in [3.05, 3.63) is 39.3 Å². The number of hydrogen-bond acceptors (Lipinski definition) is 5. The van der Waals surface area contributed by atoms with Gasteiger partial charge in [-0.25, -0.2) is 9.98 Å². The highest BCUT2D eigenvalue weighted by atomic mass is 127. The van der Waals surface area contributed by atoms with Gasteiger partial charge in [-0.1, -0.05) is 0 Å². The second kappa shape index (κ2) is 12.0. The molecule has 27 heavy (non-hydrogen) atoms. The van der Waals surface area contributed by atoms with Crippen molar-refractivity contribution >= 4 is 41.3 Å². The monoisotopic (exact) mass is 504 g/mol. The Labute approximate surface area is 182 Å². The van der Waals surface area contributed by atoms with Crippen LogP contribution in [0.4, 0.5) is 0 Å². The summed E-state index contributed by atoms with van der Waals surface area (Å²) < 4.78 is 10.7. The quantitative estimate of drug-likeness (QED) is 0.326. The van der Waals surface area contributed by atoms with Gasteiger partial charge < -0.3 is 20.1 Å². The third-order valence-corrected chi connectivity index (χ3v) is 4.96. The minimum Gasteiger partial charge on any atom is -0.497 e. The number of aromatic nitrogens is 1. The molecule has 0 aliphatic carbocycles. The Morgan fingerprint density at radius 1 is 1.19 bits per heavy atom. The molecule has 0 unspecified atom stereocenters. The molecule has 2 aromatic rings. The molecule has 0 aliphatic heterocycles. The Balaban J connectivity index is 0.00000364. The topological polar surface area (TPSA) is 67.8 Å². The Morgan fingerprint density at radius 3 is 2.56 bits per heavy atom. The molecule has 1 aromatic carbocycles. The van der Waals surface area contributed by atoms with Crippen molar-refractivity contribution < 1.29 is 9.47 Å². The summed E-state index contributed by atoms with van der Waals surface area (Å²) in [7, 11) is 3.35. The second-order valence-electron chi connectivity index (χ2n) is 5.79. The Bertz CT molecular complexity index is 749. The van der Waals surface area contributed by atoms with Crippen LogP contribution in [0.2, 0.25) is 0 Å². The summed E-state index contributed by atoms with van der Waals surface area (Å²) in [4.78, 5) is 10.3. The molecular weight excluding hydrogens is 475 g/mol. The van der Waals surface area contributed by atoms with Gasteiger partial charge >= 0.3 is 0 Å². The second-order valence-corrected chi connectivity index (χ2v) is 7.08. The summed E-state index contributed by atoms with van der Waals surface area (Å²) in [5.41, 5.74) is 2.16. The lowest BCUT2D eigenvalue weighted by Crippen LogP contribution is -2.38. The number of nitrogens with zero attached hydrogens (tertiary/aromatic N) is 2. The van der Waals surface area contributed by atoms with Crippen LogP contribution in [0, 0.1) is 13.8 Å². The fourth-order valence-electron chi connectivity index (χ4n) is 2.61. The zero-order chi connectivity index (χ0) is 18.9. The molecule has 1 heterocycles. The molecule has 0 saturated carbocycles. The lowest BCUT2D eigenvalue weighted by molar-refractivity contribution is 0.398. The zero-order valence-corrected chi connectivity index (χ0v) is 19.7. The molecule has 0 aliphatic rings. The smallest absolute Gasteiger partial charge is 0.191 e. The molecule has 0 bridgehead atoms. The van der Waals surface area contributed by atoms with E-state index in [1.165, 1.54) is 4.88 Å². The Hall–Kier alpha value is -1.55. The lowest BCUT2D eigenvalue weighted by atomic mass is 10.1. The number of nitrogens with one attached hydrogen (secondary N) is 2. The Kier molecular flexibility index (Phi) is 10.5. The summed E-state index contributed by atoms with van der Waals surface area (Å²) in [6.07, 6.45) is 0.809. The van der Waals surface area contributed by atoms with Crippen molar-refractivity contribution in [1.29, 1.82) is 0 Å². The fraction of sp³-hybridized carbons (Fsp3) is 0.474. The van der Waals surface area contributed by atoms with Gasteiger partial charge in [-0.05, 0) is 51.0 Å². The average Bonchev–Trinajstić information content (AvgIpc) is 2.96. The molecule has 0 saturated heterocycles. The number of aryl methyl sites for hydroxylation is 2. The van der Waals surface area contributed by atoms with E-state index in [1.807, 2.05) is 32.0 Å². The summed E-state index contributed by atoms with van der Waals surface area (Å²) >= 11 is 1.70. The van der Waals surface area contributed by atoms with Gasteiger partial charge in [0.15, 0.2) is 5.96 Å². The van der Waals surface area contributed by atoms with Gasteiger partial charge in [0.25, 0.3) is 0 Å². The first-order chi connectivity index (χ1) is 12.6. The first kappa shape index (κ1) is 23.5. The molecule has 0 amide bonds. The van der Waals surface area contributed by atoms with Crippen LogP contribution in [0.25, 0.3) is 0 Å².